The molecule has 0 radical (unpaired) electrons. The van der Waals surface area contributed by atoms with Gasteiger partial charge in [0.05, 0.1) is 17.0 Å². The molecule has 0 saturated carbocycles. The van der Waals surface area contributed by atoms with E-state index in [4.69, 9.17) is 23.2 Å². The molecule has 3 rings (SSSR count). The number of rotatable bonds is 6. The van der Waals surface area contributed by atoms with Gasteiger partial charge in [-0.3, -0.25) is 4.79 Å². The average molecular weight is 388 g/mol. The molecular weight excluding hydrogens is 369 g/mol. The van der Waals surface area contributed by atoms with Crippen LogP contribution in [0.4, 0.5) is 0 Å². The van der Waals surface area contributed by atoms with Crippen LogP contribution < -0.4 is 5.32 Å². The number of carbonyl (C=O) groups excluding carboxylic acids is 1. The summed E-state index contributed by atoms with van der Waals surface area (Å²) in [5, 5.41) is 4.00. The zero-order valence-electron chi connectivity index (χ0n) is 14.5. The molecule has 2 unspecified atom stereocenters. The molecule has 0 aliphatic heterocycles. The molecule has 0 fully saturated rings. The van der Waals surface area contributed by atoms with Crippen LogP contribution in [-0.2, 0) is 0 Å². The van der Waals surface area contributed by atoms with Gasteiger partial charge in [0.2, 0.25) is 0 Å². The molecule has 0 amide bonds. The molecular formula is C20H19Cl2N3O. The van der Waals surface area contributed by atoms with Gasteiger partial charge in [-0.1, -0.05) is 53.5 Å². The highest BCUT2D eigenvalue weighted by Gasteiger charge is 2.28. The molecule has 3 aromatic rings. The lowest BCUT2D eigenvalue weighted by molar-refractivity contribution is 0.0903. The SMILES string of the molecule is CNC(C)C(C(=O)c1ccc(Cl)cc1Cl)n1cnc(-c2ccccc2)c1. The molecule has 1 aromatic heterocycles. The summed E-state index contributed by atoms with van der Waals surface area (Å²) in [6.45, 7) is 1.95. The maximum Gasteiger partial charge on any atom is 0.188 e. The Hall–Kier alpha value is -2.14. The van der Waals surface area contributed by atoms with Gasteiger partial charge in [-0.15, -0.1) is 0 Å². The fraction of sp³-hybridized carbons (Fsp3) is 0.200. The highest BCUT2D eigenvalue weighted by molar-refractivity contribution is 6.37. The zero-order chi connectivity index (χ0) is 18.7. The van der Waals surface area contributed by atoms with E-state index in [1.54, 1.807) is 24.5 Å². The molecule has 0 saturated heterocycles. The van der Waals surface area contributed by atoms with Crippen molar-refractivity contribution in [1.82, 2.24) is 14.9 Å². The van der Waals surface area contributed by atoms with Crippen LogP contribution in [-0.4, -0.2) is 28.4 Å². The number of aromatic nitrogens is 2. The second-order valence-electron chi connectivity index (χ2n) is 6.08. The number of likely N-dealkylation sites (N-methyl/N-ethyl adjacent to an activating group) is 1. The Balaban J connectivity index is 1.99. The van der Waals surface area contributed by atoms with Crippen LogP contribution in [0, 0.1) is 0 Å². The highest BCUT2D eigenvalue weighted by Crippen LogP contribution is 2.28. The van der Waals surface area contributed by atoms with E-state index < -0.39 is 6.04 Å². The third-order valence-electron chi connectivity index (χ3n) is 4.39. The van der Waals surface area contributed by atoms with E-state index in [-0.39, 0.29) is 11.8 Å². The molecule has 1 heterocycles. The van der Waals surface area contributed by atoms with Crippen molar-refractivity contribution in [3.8, 4) is 11.3 Å². The number of carbonyl (C=O) groups is 1. The lowest BCUT2D eigenvalue weighted by Gasteiger charge is -2.24. The summed E-state index contributed by atoms with van der Waals surface area (Å²) in [6, 6.07) is 14.2. The van der Waals surface area contributed by atoms with Gasteiger partial charge < -0.3 is 9.88 Å². The van der Waals surface area contributed by atoms with Crippen molar-refractivity contribution < 1.29 is 4.79 Å². The van der Waals surface area contributed by atoms with Gasteiger partial charge in [-0.05, 0) is 32.2 Å². The second kappa shape index (κ2) is 8.04. The van der Waals surface area contributed by atoms with Crippen molar-refractivity contribution in [3.05, 3.63) is 76.7 Å². The molecule has 2 aromatic carbocycles. The number of benzene rings is 2. The maximum absolute atomic E-state index is 13.2. The number of imidazole rings is 1. The predicted octanol–water partition coefficient (Wildman–Crippen LogP) is 4.89. The van der Waals surface area contributed by atoms with Gasteiger partial charge in [-0.25, -0.2) is 4.98 Å². The molecule has 134 valence electrons. The van der Waals surface area contributed by atoms with Crippen LogP contribution in [0.2, 0.25) is 10.0 Å². The van der Waals surface area contributed by atoms with E-state index in [1.165, 1.54) is 0 Å². The van der Waals surface area contributed by atoms with Crippen molar-refractivity contribution in [2.24, 2.45) is 0 Å². The Morgan fingerprint density at radius 2 is 1.88 bits per heavy atom. The van der Waals surface area contributed by atoms with Gasteiger partial charge in [-0.2, -0.15) is 0 Å². The largest absolute Gasteiger partial charge is 0.324 e. The van der Waals surface area contributed by atoms with Gasteiger partial charge in [0.1, 0.15) is 6.04 Å². The third kappa shape index (κ3) is 3.83. The predicted molar refractivity (Wildman–Crippen MR) is 106 cm³/mol. The number of hydrogen-bond acceptors (Lipinski definition) is 3. The smallest absolute Gasteiger partial charge is 0.188 e. The number of hydrogen-bond donors (Lipinski definition) is 1. The van der Waals surface area contributed by atoms with Crippen LogP contribution >= 0.6 is 23.2 Å². The average Bonchev–Trinajstić information content (AvgIpc) is 3.12. The minimum Gasteiger partial charge on any atom is -0.324 e. The van der Waals surface area contributed by atoms with Crippen molar-refractivity contribution in [3.63, 3.8) is 0 Å². The zero-order valence-corrected chi connectivity index (χ0v) is 16.0. The van der Waals surface area contributed by atoms with Crippen LogP contribution in [0.5, 0.6) is 0 Å². The molecule has 6 heteroatoms. The summed E-state index contributed by atoms with van der Waals surface area (Å²) >= 11 is 12.2. The van der Waals surface area contributed by atoms with Gasteiger partial charge in [0.25, 0.3) is 0 Å². The van der Waals surface area contributed by atoms with E-state index in [2.05, 4.69) is 10.3 Å². The highest BCUT2D eigenvalue weighted by atomic mass is 35.5. The number of halogens is 2. The van der Waals surface area contributed by atoms with E-state index in [9.17, 15) is 4.79 Å². The topological polar surface area (TPSA) is 46.9 Å². The number of nitrogens with one attached hydrogen (secondary N) is 1. The lowest BCUT2D eigenvalue weighted by Crippen LogP contribution is -2.37. The van der Waals surface area contributed by atoms with E-state index in [0.29, 0.717) is 15.6 Å². The lowest BCUT2D eigenvalue weighted by atomic mass is 9.98. The monoisotopic (exact) mass is 387 g/mol. The summed E-state index contributed by atoms with van der Waals surface area (Å²) in [5.74, 6) is -0.0921. The molecule has 0 spiro atoms. The summed E-state index contributed by atoms with van der Waals surface area (Å²) in [4.78, 5) is 17.7. The number of nitrogens with zero attached hydrogens (tertiary/aromatic N) is 2. The summed E-state index contributed by atoms with van der Waals surface area (Å²) in [6.07, 6.45) is 3.57. The van der Waals surface area contributed by atoms with Crippen molar-refractivity contribution >= 4 is 29.0 Å². The van der Waals surface area contributed by atoms with E-state index in [0.717, 1.165) is 11.3 Å². The molecule has 0 aliphatic carbocycles. The number of ketones is 1. The van der Waals surface area contributed by atoms with E-state index >= 15 is 0 Å². The van der Waals surface area contributed by atoms with Gasteiger partial charge in [0.15, 0.2) is 5.78 Å². The van der Waals surface area contributed by atoms with Crippen LogP contribution in [0.15, 0.2) is 61.1 Å². The first kappa shape index (κ1) is 18.6. The fourth-order valence-electron chi connectivity index (χ4n) is 2.87. The Bertz CT molecular complexity index is 908. The minimum atomic E-state index is -0.483. The second-order valence-corrected chi connectivity index (χ2v) is 6.93. The third-order valence-corrected chi connectivity index (χ3v) is 4.93. The Morgan fingerprint density at radius 1 is 1.15 bits per heavy atom. The van der Waals surface area contributed by atoms with Crippen LogP contribution in [0.1, 0.15) is 23.3 Å². The van der Waals surface area contributed by atoms with Crippen molar-refractivity contribution in [2.45, 2.75) is 19.0 Å². The number of Topliss-reactive ketones (excluding diaryl/α,β-unsaturated/α-hetero) is 1. The fourth-order valence-corrected chi connectivity index (χ4v) is 3.38. The Labute approximate surface area is 162 Å². The summed E-state index contributed by atoms with van der Waals surface area (Å²) < 4.78 is 1.83. The van der Waals surface area contributed by atoms with Crippen molar-refractivity contribution in [2.75, 3.05) is 7.05 Å². The van der Waals surface area contributed by atoms with Gasteiger partial charge in [0, 0.05) is 28.4 Å². The Morgan fingerprint density at radius 3 is 2.54 bits per heavy atom. The first-order valence-electron chi connectivity index (χ1n) is 8.26. The molecule has 26 heavy (non-hydrogen) atoms. The molecule has 2 atom stereocenters. The summed E-state index contributed by atoms with van der Waals surface area (Å²) in [7, 11) is 1.82. The first-order valence-corrected chi connectivity index (χ1v) is 9.02. The first-order chi connectivity index (χ1) is 12.5. The van der Waals surface area contributed by atoms with E-state index in [1.807, 2.05) is 55.1 Å². The standard InChI is InChI=1S/C20H19Cl2N3O/c1-13(23-2)19(20(26)16-9-8-15(21)10-17(16)22)25-11-18(24-12-25)14-6-4-3-5-7-14/h3-13,19,23H,1-2H3. The normalized spacial score (nSPS) is 13.4. The quantitative estimate of drug-likeness (QED) is 0.612. The molecule has 0 aliphatic rings. The Kier molecular flexibility index (Phi) is 5.77. The molecule has 0 bridgehead atoms. The van der Waals surface area contributed by atoms with Crippen LogP contribution in [0.25, 0.3) is 11.3 Å². The van der Waals surface area contributed by atoms with Crippen molar-refractivity contribution in [1.29, 1.82) is 0 Å². The molecule has 4 nitrogen and oxygen atoms in total. The van der Waals surface area contributed by atoms with Crippen LogP contribution in [0.3, 0.4) is 0 Å². The maximum atomic E-state index is 13.2. The summed E-state index contributed by atoms with van der Waals surface area (Å²) in [5.41, 5.74) is 2.26. The van der Waals surface area contributed by atoms with Gasteiger partial charge >= 0.3 is 0 Å². The minimum absolute atomic E-state index is 0.0921. The molecule has 1 N–H and O–H groups in total.